The van der Waals surface area contributed by atoms with Gasteiger partial charge in [0.1, 0.15) is 6.29 Å². The van der Waals surface area contributed by atoms with Crippen LogP contribution in [0.25, 0.3) is 0 Å². The van der Waals surface area contributed by atoms with E-state index in [9.17, 15) is 4.79 Å². The zero-order valence-electron chi connectivity index (χ0n) is 4.84. The third kappa shape index (κ3) is 0.396. The van der Waals surface area contributed by atoms with E-state index in [1.807, 2.05) is 0 Å². The zero-order chi connectivity index (χ0) is 5.56. The van der Waals surface area contributed by atoms with Gasteiger partial charge >= 0.3 is 0 Å². The highest BCUT2D eigenvalue weighted by atomic mass is 16.1. The van der Waals surface area contributed by atoms with Gasteiger partial charge in [-0.15, -0.1) is 0 Å². The predicted octanol–water partition coefficient (Wildman–Crippen LogP) is 1.23. The van der Waals surface area contributed by atoms with Gasteiger partial charge in [-0.2, -0.15) is 0 Å². The molecule has 0 bridgehead atoms. The molecule has 0 aromatic heterocycles. The van der Waals surface area contributed by atoms with Gasteiger partial charge in [-0.3, -0.25) is 0 Å². The third-order valence-electron chi connectivity index (χ3n) is 2.63. The fraction of sp³-hybridized carbons (Fsp3) is 0.857. The first-order valence-corrected chi connectivity index (χ1v) is 3.39. The second-order valence-electron chi connectivity index (χ2n) is 2.97. The first kappa shape index (κ1) is 4.54. The van der Waals surface area contributed by atoms with Crippen LogP contribution in [0.15, 0.2) is 0 Å². The highest BCUT2D eigenvalue weighted by Crippen LogP contribution is 2.56. The third-order valence-corrected chi connectivity index (χ3v) is 2.63. The van der Waals surface area contributed by atoms with E-state index in [0.29, 0.717) is 5.92 Å². The molecule has 2 rings (SSSR count). The molecule has 0 aromatic rings. The molecule has 0 heterocycles. The molecule has 0 unspecified atom stereocenters. The molecule has 0 saturated heterocycles. The highest BCUT2D eigenvalue weighted by Gasteiger charge is 2.52. The van der Waals surface area contributed by atoms with Crippen molar-refractivity contribution in [2.75, 3.05) is 0 Å². The fourth-order valence-electron chi connectivity index (χ4n) is 2.08. The van der Waals surface area contributed by atoms with E-state index in [0.717, 1.165) is 18.1 Å². The maximum absolute atomic E-state index is 10.2. The summed E-state index contributed by atoms with van der Waals surface area (Å²) in [6.07, 6.45) is 5.18. The molecule has 2 atom stereocenters. The van der Waals surface area contributed by atoms with E-state index in [2.05, 4.69) is 0 Å². The van der Waals surface area contributed by atoms with Gasteiger partial charge in [-0.25, -0.2) is 0 Å². The normalized spacial score (nSPS) is 50.8. The molecule has 0 spiro atoms. The van der Waals surface area contributed by atoms with Crippen LogP contribution >= 0.6 is 0 Å². The Labute approximate surface area is 49.1 Å². The van der Waals surface area contributed by atoms with Crippen LogP contribution in [0, 0.1) is 17.8 Å². The average Bonchev–Trinajstić information content (AvgIpc) is 2.22. The highest BCUT2D eigenvalue weighted by molar-refractivity contribution is 5.59. The van der Waals surface area contributed by atoms with Gasteiger partial charge in [0.05, 0.1) is 0 Å². The smallest absolute Gasteiger partial charge is 0.123 e. The Kier molecular flexibility index (Phi) is 0.758. The van der Waals surface area contributed by atoms with Gasteiger partial charge in [0.25, 0.3) is 0 Å². The number of hydrogen-bond donors (Lipinski definition) is 0. The molecule has 0 radical (unpaired) electrons. The maximum Gasteiger partial charge on any atom is 0.123 e. The Bertz CT molecular complexity index is 110. The summed E-state index contributed by atoms with van der Waals surface area (Å²) in [5, 5.41) is 0. The van der Waals surface area contributed by atoms with Crippen LogP contribution in [0.5, 0.6) is 0 Å². The van der Waals surface area contributed by atoms with Gasteiger partial charge in [-0.05, 0) is 24.7 Å². The summed E-state index contributed by atoms with van der Waals surface area (Å²) >= 11 is 0. The van der Waals surface area contributed by atoms with Crippen LogP contribution in [0.3, 0.4) is 0 Å². The monoisotopic (exact) mass is 110 g/mol. The Balaban J connectivity index is 2.03. The lowest BCUT2D eigenvalue weighted by molar-refractivity contribution is -0.109. The molecule has 2 saturated carbocycles. The van der Waals surface area contributed by atoms with E-state index >= 15 is 0 Å². The second-order valence-corrected chi connectivity index (χ2v) is 2.97. The molecular weight excluding hydrogens is 100 g/mol. The van der Waals surface area contributed by atoms with Crippen molar-refractivity contribution in [2.45, 2.75) is 19.3 Å². The number of rotatable bonds is 1. The van der Waals surface area contributed by atoms with E-state index < -0.39 is 0 Å². The molecule has 8 heavy (non-hydrogen) atoms. The summed E-state index contributed by atoms with van der Waals surface area (Å²) in [6, 6.07) is 0. The Morgan fingerprint density at radius 2 is 1.88 bits per heavy atom. The summed E-state index contributed by atoms with van der Waals surface area (Å²) in [7, 11) is 0. The Morgan fingerprint density at radius 3 is 2.25 bits per heavy atom. The van der Waals surface area contributed by atoms with Crippen LogP contribution < -0.4 is 0 Å². The first-order valence-electron chi connectivity index (χ1n) is 3.39. The van der Waals surface area contributed by atoms with Crippen molar-refractivity contribution in [3.8, 4) is 0 Å². The molecule has 0 aliphatic heterocycles. The van der Waals surface area contributed by atoms with E-state index in [4.69, 9.17) is 0 Å². The molecule has 2 aliphatic rings. The SMILES string of the molecule is O=CC1[C@@H]2CCC[C@@H]12. The van der Waals surface area contributed by atoms with Crippen molar-refractivity contribution in [1.29, 1.82) is 0 Å². The minimum atomic E-state index is 0.490. The predicted molar refractivity (Wildman–Crippen MR) is 30.4 cm³/mol. The van der Waals surface area contributed by atoms with Crippen molar-refractivity contribution in [3.63, 3.8) is 0 Å². The van der Waals surface area contributed by atoms with E-state index in [1.165, 1.54) is 19.3 Å². The van der Waals surface area contributed by atoms with Crippen LogP contribution in [-0.4, -0.2) is 6.29 Å². The van der Waals surface area contributed by atoms with Crippen LogP contribution in [0.4, 0.5) is 0 Å². The van der Waals surface area contributed by atoms with Crippen molar-refractivity contribution in [2.24, 2.45) is 17.8 Å². The number of fused-ring (bicyclic) bond motifs is 1. The molecule has 2 aliphatic carbocycles. The van der Waals surface area contributed by atoms with Crippen molar-refractivity contribution in [1.82, 2.24) is 0 Å². The summed E-state index contributed by atoms with van der Waals surface area (Å²) in [5.74, 6) is 2.14. The van der Waals surface area contributed by atoms with Crippen molar-refractivity contribution < 1.29 is 4.79 Å². The molecule has 1 nitrogen and oxygen atoms in total. The first-order chi connectivity index (χ1) is 3.93. The zero-order valence-corrected chi connectivity index (χ0v) is 4.84. The summed E-state index contributed by atoms with van der Waals surface area (Å²) in [5.41, 5.74) is 0. The second kappa shape index (κ2) is 1.34. The van der Waals surface area contributed by atoms with Gasteiger partial charge in [0.2, 0.25) is 0 Å². The minimum Gasteiger partial charge on any atom is -0.303 e. The molecule has 1 heteroatoms. The number of hydrogen-bond acceptors (Lipinski definition) is 1. The summed E-state index contributed by atoms with van der Waals surface area (Å²) in [4.78, 5) is 10.2. The molecular formula is C7H10O. The minimum absolute atomic E-state index is 0.490. The standard InChI is InChI=1S/C7H10O/c8-4-7-5-2-1-3-6(5)7/h4-7H,1-3H2/t5-,6-/m1/s1. The largest absolute Gasteiger partial charge is 0.303 e. The maximum atomic E-state index is 10.2. The number of carbonyl (C=O) groups excluding carboxylic acids is 1. The lowest BCUT2D eigenvalue weighted by Gasteiger charge is -1.89. The molecule has 44 valence electrons. The Hall–Kier alpha value is -0.330. The van der Waals surface area contributed by atoms with E-state index in [1.54, 1.807) is 0 Å². The van der Waals surface area contributed by atoms with Crippen molar-refractivity contribution in [3.05, 3.63) is 0 Å². The van der Waals surface area contributed by atoms with E-state index in [-0.39, 0.29) is 0 Å². The summed E-state index contributed by atoms with van der Waals surface area (Å²) in [6.45, 7) is 0. The number of carbonyl (C=O) groups is 1. The Morgan fingerprint density at radius 1 is 1.25 bits per heavy atom. The van der Waals surface area contributed by atoms with Gasteiger partial charge < -0.3 is 4.79 Å². The fourth-order valence-corrected chi connectivity index (χ4v) is 2.08. The van der Waals surface area contributed by atoms with Crippen molar-refractivity contribution >= 4 is 6.29 Å². The topological polar surface area (TPSA) is 17.1 Å². The molecule has 0 amide bonds. The van der Waals surface area contributed by atoms with Gasteiger partial charge in [-0.1, -0.05) is 6.42 Å². The van der Waals surface area contributed by atoms with Crippen LogP contribution in [0.2, 0.25) is 0 Å². The quantitative estimate of drug-likeness (QED) is 0.464. The molecule has 0 N–H and O–H groups in total. The lowest BCUT2D eigenvalue weighted by atomic mass is 10.2. The average molecular weight is 110 g/mol. The molecule has 0 aromatic carbocycles. The lowest BCUT2D eigenvalue weighted by Crippen LogP contribution is -1.86. The van der Waals surface area contributed by atoms with Crippen LogP contribution in [-0.2, 0) is 4.79 Å². The number of aldehydes is 1. The van der Waals surface area contributed by atoms with Crippen LogP contribution in [0.1, 0.15) is 19.3 Å². The summed E-state index contributed by atoms with van der Waals surface area (Å²) < 4.78 is 0. The molecule has 2 fully saturated rings. The van der Waals surface area contributed by atoms with Gasteiger partial charge in [0, 0.05) is 5.92 Å². The van der Waals surface area contributed by atoms with Gasteiger partial charge in [0.15, 0.2) is 0 Å².